The molecular formula is C19H25N3O3S. The maximum absolute atomic E-state index is 12.3. The fraction of sp³-hybridized carbons (Fsp3) is 0.316. The van der Waals surface area contributed by atoms with Gasteiger partial charge in [-0.2, -0.15) is 0 Å². The fourth-order valence-electron chi connectivity index (χ4n) is 2.38. The molecule has 2 aromatic rings. The normalized spacial score (nSPS) is 13.2. The van der Waals surface area contributed by atoms with Crippen LogP contribution in [0.5, 0.6) is 0 Å². The molecule has 2 aromatic carbocycles. The van der Waals surface area contributed by atoms with Gasteiger partial charge in [0.05, 0.1) is 10.9 Å². The molecule has 0 heterocycles. The molecule has 0 fully saturated rings. The highest BCUT2D eigenvalue weighted by atomic mass is 32.2. The van der Waals surface area contributed by atoms with Crippen molar-refractivity contribution in [3.63, 3.8) is 0 Å². The second-order valence-corrected chi connectivity index (χ2v) is 8.85. The van der Waals surface area contributed by atoms with Crippen LogP contribution in [0.25, 0.3) is 0 Å². The molecule has 1 unspecified atom stereocenters. The molecule has 6 nitrogen and oxygen atoms in total. The average Bonchev–Trinajstić information content (AvgIpc) is 2.54. The molecule has 140 valence electrons. The number of hydrogen-bond acceptors (Lipinski definition) is 4. The third kappa shape index (κ3) is 5.94. The van der Waals surface area contributed by atoms with Gasteiger partial charge in [-0.05, 0) is 57.0 Å². The summed E-state index contributed by atoms with van der Waals surface area (Å²) in [5.74, 6) is -0.322. The highest BCUT2D eigenvalue weighted by molar-refractivity contribution is 7.89. The molecular weight excluding hydrogens is 350 g/mol. The van der Waals surface area contributed by atoms with Crippen LogP contribution >= 0.6 is 0 Å². The molecule has 7 heteroatoms. The molecule has 1 amide bonds. The van der Waals surface area contributed by atoms with Crippen LogP contribution in [0, 0.1) is 0 Å². The van der Waals surface area contributed by atoms with Gasteiger partial charge in [0.2, 0.25) is 15.9 Å². The van der Waals surface area contributed by atoms with E-state index < -0.39 is 21.6 Å². The summed E-state index contributed by atoms with van der Waals surface area (Å²) in [6.45, 7) is 5.31. The van der Waals surface area contributed by atoms with Crippen LogP contribution < -0.4 is 15.8 Å². The largest absolute Gasteiger partial charge is 0.325 e. The molecule has 0 saturated carbocycles. The third-order valence-corrected chi connectivity index (χ3v) is 5.28. The topological polar surface area (TPSA) is 101 Å². The second-order valence-electron chi connectivity index (χ2n) is 7.17. The van der Waals surface area contributed by atoms with E-state index in [4.69, 9.17) is 5.73 Å². The number of sulfonamides is 1. The molecule has 0 radical (unpaired) electrons. The van der Waals surface area contributed by atoms with Crippen molar-refractivity contribution < 1.29 is 13.2 Å². The van der Waals surface area contributed by atoms with Crippen LogP contribution in [0.15, 0.2) is 59.5 Å². The van der Waals surface area contributed by atoms with Crippen LogP contribution in [0.1, 0.15) is 26.3 Å². The minimum atomic E-state index is -3.61. The second kappa shape index (κ2) is 7.99. The van der Waals surface area contributed by atoms with Crippen molar-refractivity contribution in [1.29, 1.82) is 0 Å². The van der Waals surface area contributed by atoms with Crippen LogP contribution in [0.2, 0.25) is 0 Å². The number of hydrogen-bond donors (Lipinski definition) is 3. The Bertz CT molecular complexity index is 842. The van der Waals surface area contributed by atoms with Gasteiger partial charge in [0, 0.05) is 11.2 Å². The molecule has 2 rings (SSSR count). The van der Waals surface area contributed by atoms with Crippen molar-refractivity contribution in [2.45, 2.75) is 43.7 Å². The molecule has 0 bridgehead atoms. The summed E-state index contributed by atoms with van der Waals surface area (Å²) in [6, 6.07) is 14.8. The first-order valence-corrected chi connectivity index (χ1v) is 9.79. The number of nitrogens with two attached hydrogens (primary N) is 1. The SMILES string of the molecule is CC(C)(C)NS(=O)(=O)c1ccc(NC(=O)C(N)Cc2ccccc2)cc1. The summed E-state index contributed by atoms with van der Waals surface area (Å²) in [5, 5.41) is 2.71. The van der Waals surface area contributed by atoms with E-state index in [9.17, 15) is 13.2 Å². The molecule has 1 atom stereocenters. The minimum absolute atomic E-state index is 0.138. The van der Waals surface area contributed by atoms with Crippen LogP contribution in [0.4, 0.5) is 5.69 Å². The monoisotopic (exact) mass is 375 g/mol. The van der Waals surface area contributed by atoms with E-state index in [1.165, 1.54) is 12.1 Å². The molecule has 0 aliphatic carbocycles. The van der Waals surface area contributed by atoms with E-state index in [0.717, 1.165) is 5.56 Å². The zero-order chi connectivity index (χ0) is 19.4. The van der Waals surface area contributed by atoms with Gasteiger partial charge in [-0.3, -0.25) is 4.79 Å². The van der Waals surface area contributed by atoms with Crippen LogP contribution in [-0.2, 0) is 21.2 Å². The number of carbonyl (C=O) groups excluding carboxylic acids is 1. The van der Waals surface area contributed by atoms with Gasteiger partial charge < -0.3 is 11.1 Å². The molecule has 0 aliphatic rings. The van der Waals surface area contributed by atoms with Crippen molar-refractivity contribution in [2.75, 3.05) is 5.32 Å². The van der Waals surface area contributed by atoms with Gasteiger partial charge >= 0.3 is 0 Å². The zero-order valence-electron chi connectivity index (χ0n) is 15.2. The van der Waals surface area contributed by atoms with Gasteiger partial charge in [-0.25, -0.2) is 13.1 Å². The van der Waals surface area contributed by atoms with E-state index in [0.29, 0.717) is 12.1 Å². The first-order valence-electron chi connectivity index (χ1n) is 8.31. The molecule has 4 N–H and O–H groups in total. The summed E-state index contributed by atoms with van der Waals surface area (Å²) >= 11 is 0. The predicted molar refractivity (Wildman–Crippen MR) is 103 cm³/mol. The Morgan fingerprint density at radius 3 is 2.15 bits per heavy atom. The quantitative estimate of drug-likeness (QED) is 0.721. The highest BCUT2D eigenvalue weighted by Crippen LogP contribution is 2.16. The van der Waals surface area contributed by atoms with Gasteiger partial charge in [0.15, 0.2) is 0 Å². The van der Waals surface area contributed by atoms with Gasteiger partial charge in [-0.1, -0.05) is 30.3 Å². The number of carbonyl (C=O) groups is 1. The standard InChI is InChI=1S/C19H25N3O3S/c1-19(2,3)22-26(24,25)16-11-9-15(10-12-16)21-18(23)17(20)13-14-7-5-4-6-8-14/h4-12,17,22H,13,20H2,1-3H3,(H,21,23). The number of rotatable bonds is 6. The number of amides is 1. The van der Waals surface area contributed by atoms with Crippen molar-refractivity contribution >= 4 is 21.6 Å². The summed E-state index contributed by atoms with van der Waals surface area (Å²) < 4.78 is 27.1. The predicted octanol–water partition coefficient (Wildman–Crippen LogP) is 2.27. The number of anilines is 1. The van der Waals surface area contributed by atoms with E-state index in [1.807, 2.05) is 30.3 Å². The van der Waals surface area contributed by atoms with E-state index >= 15 is 0 Å². The lowest BCUT2D eigenvalue weighted by molar-refractivity contribution is -0.117. The molecule has 0 saturated heterocycles. The third-order valence-electron chi connectivity index (χ3n) is 3.51. The maximum atomic E-state index is 12.3. The highest BCUT2D eigenvalue weighted by Gasteiger charge is 2.22. The summed E-state index contributed by atoms with van der Waals surface area (Å²) in [4.78, 5) is 12.4. The fourth-order valence-corrected chi connectivity index (χ4v) is 3.79. The minimum Gasteiger partial charge on any atom is -0.325 e. The molecule has 0 spiro atoms. The molecule has 26 heavy (non-hydrogen) atoms. The summed E-state index contributed by atoms with van der Waals surface area (Å²) in [5.41, 5.74) is 6.84. The Labute approximate surface area is 154 Å². The first-order chi connectivity index (χ1) is 12.1. The Hall–Kier alpha value is -2.22. The Kier molecular flexibility index (Phi) is 6.17. The molecule has 0 aliphatic heterocycles. The van der Waals surface area contributed by atoms with Crippen molar-refractivity contribution in [3.8, 4) is 0 Å². The van der Waals surface area contributed by atoms with Crippen molar-refractivity contribution in [2.24, 2.45) is 5.73 Å². The average molecular weight is 375 g/mol. The van der Waals surface area contributed by atoms with E-state index in [-0.39, 0.29) is 10.8 Å². The van der Waals surface area contributed by atoms with E-state index in [2.05, 4.69) is 10.0 Å². The van der Waals surface area contributed by atoms with Crippen LogP contribution in [-0.4, -0.2) is 25.9 Å². The summed E-state index contributed by atoms with van der Waals surface area (Å²) in [6.07, 6.45) is 0.425. The van der Waals surface area contributed by atoms with Gasteiger partial charge in [-0.15, -0.1) is 0 Å². The van der Waals surface area contributed by atoms with E-state index in [1.54, 1.807) is 32.9 Å². The smallest absolute Gasteiger partial charge is 0.241 e. The lowest BCUT2D eigenvalue weighted by Gasteiger charge is -2.20. The Morgan fingerprint density at radius 1 is 1.04 bits per heavy atom. The Balaban J connectivity index is 2.01. The maximum Gasteiger partial charge on any atom is 0.241 e. The zero-order valence-corrected chi connectivity index (χ0v) is 16.0. The van der Waals surface area contributed by atoms with Crippen molar-refractivity contribution in [1.82, 2.24) is 4.72 Å². The Morgan fingerprint density at radius 2 is 1.62 bits per heavy atom. The van der Waals surface area contributed by atoms with Gasteiger partial charge in [0.1, 0.15) is 0 Å². The van der Waals surface area contributed by atoms with Crippen molar-refractivity contribution in [3.05, 3.63) is 60.2 Å². The summed E-state index contributed by atoms with van der Waals surface area (Å²) in [7, 11) is -3.61. The number of benzene rings is 2. The molecule has 0 aromatic heterocycles. The van der Waals surface area contributed by atoms with Crippen LogP contribution in [0.3, 0.4) is 0 Å². The first kappa shape index (κ1) is 20.1. The lowest BCUT2D eigenvalue weighted by Crippen LogP contribution is -2.40. The number of nitrogens with one attached hydrogen (secondary N) is 2. The van der Waals surface area contributed by atoms with Gasteiger partial charge in [0.25, 0.3) is 0 Å². The lowest BCUT2D eigenvalue weighted by atomic mass is 10.1.